The van der Waals surface area contributed by atoms with Crippen LogP contribution in [0.4, 0.5) is 0 Å². The third kappa shape index (κ3) is 3.40. The van der Waals surface area contributed by atoms with Gasteiger partial charge in [0.05, 0.1) is 14.2 Å². The number of methoxy groups -OCH3 is 2. The van der Waals surface area contributed by atoms with Crippen LogP contribution in [0.5, 0.6) is 23.1 Å². The molecule has 0 bridgehead atoms. The fourth-order valence-corrected chi connectivity index (χ4v) is 2.17. The highest BCUT2D eigenvalue weighted by atomic mass is 16.5. The number of nitrogens with zero attached hydrogens (tertiary/aromatic N) is 2. The van der Waals surface area contributed by atoms with Crippen molar-refractivity contribution in [2.24, 2.45) is 0 Å². The molecule has 0 saturated carbocycles. The van der Waals surface area contributed by atoms with Gasteiger partial charge in [-0.15, -0.1) is 0 Å². The van der Waals surface area contributed by atoms with E-state index < -0.39 is 0 Å². The van der Waals surface area contributed by atoms with Crippen LogP contribution >= 0.6 is 0 Å². The summed E-state index contributed by atoms with van der Waals surface area (Å²) in [4.78, 5) is 8.47. The maximum absolute atomic E-state index is 5.95. The summed E-state index contributed by atoms with van der Waals surface area (Å²) < 4.78 is 16.5. The van der Waals surface area contributed by atoms with Crippen LogP contribution < -0.4 is 14.2 Å². The van der Waals surface area contributed by atoms with Crippen LogP contribution in [-0.4, -0.2) is 24.2 Å². The lowest BCUT2D eigenvalue weighted by atomic mass is 10.1. The van der Waals surface area contributed by atoms with Gasteiger partial charge in [-0.1, -0.05) is 6.07 Å². The van der Waals surface area contributed by atoms with Gasteiger partial charge >= 0.3 is 0 Å². The Kier molecular flexibility index (Phi) is 4.38. The van der Waals surface area contributed by atoms with E-state index in [2.05, 4.69) is 9.97 Å². The van der Waals surface area contributed by atoms with Crippen molar-refractivity contribution >= 4 is 0 Å². The minimum Gasteiger partial charge on any atom is -0.496 e. The van der Waals surface area contributed by atoms with Gasteiger partial charge in [-0.25, -0.2) is 4.98 Å². The Bertz CT molecular complexity index is 769. The van der Waals surface area contributed by atoms with Crippen LogP contribution in [0.1, 0.15) is 0 Å². The molecule has 3 aromatic rings. The zero-order valence-corrected chi connectivity index (χ0v) is 12.9. The van der Waals surface area contributed by atoms with E-state index in [-0.39, 0.29) is 0 Å². The first kappa shape index (κ1) is 14.8. The molecule has 0 fully saturated rings. The van der Waals surface area contributed by atoms with Gasteiger partial charge in [0.1, 0.15) is 17.2 Å². The molecule has 0 saturated heterocycles. The second-order valence-electron chi connectivity index (χ2n) is 4.75. The maximum Gasteiger partial charge on any atom is 0.227 e. The van der Waals surface area contributed by atoms with Crippen molar-refractivity contribution in [3.8, 4) is 34.3 Å². The van der Waals surface area contributed by atoms with Gasteiger partial charge in [0.25, 0.3) is 0 Å². The molecule has 116 valence electrons. The summed E-state index contributed by atoms with van der Waals surface area (Å²) in [5.41, 5.74) is 1.80. The molecule has 2 aromatic heterocycles. The first-order chi connectivity index (χ1) is 11.3. The summed E-state index contributed by atoms with van der Waals surface area (Å²) in [6, 6.07) is 13.0. The lowest BCUT2D eigenvalue weighted by Gasteiger charge is -2.12. The summed E-state index contributed by atoms with van der Waals surface area (Å²) in [6.07, 6.45) is 5.19. The third-order valence-electron chi connectivity index (χ3n) is 3.28. The monoisotopic (exact) mass is 308 g/mol. The largest absolute Gasteiger partial charge is 0.496 e. The topological polar surface area (TPSA) is 53.5 Å². The number of aromatic nitrogens is 2. The SMILES string of the molecule is COc1cc(OC)cc(Oc2ncccc2-c2cccnc2)c1. The Hall–Kier alpha value is -3.08. The van der Waals surface area contributed by atoms with Crippen molar-refractivity contribution < 1.29 is 14.2 Å². The van der Waals surface area contributed by atoms with E-state index in [9.17, 15) is 0 Å². The molecule has 0 radical (unpaired) electrons. The van der Waals surface area contributed by atoms with Crippen molar-refractivity contribution in [3.63, 3.8) is 0 Å². The quantitative estimate of drug-likeness (QED) is 0.714. The molecule has 0 unspecified atom stereocenters. The van der Waals surface area contributed by atoms with Crippen molar-refractivity contribution in [3.05, 3.63) is 61.1 Å². The Balaban J connectivity index is 1.98. The van der Waals surface area contributed by atoms with E-state index in [4.69, 9.17) is 14.2 Å². The van der Waals surface area contributed by atoms with Crippen LogP contribution in [0, 0.1) is 0 Å². The second kappa shape index (κ2) is 6.79. The molecule has 2 heterocycles. The molecule has 5 heteroatoms. The van der Waals surface area contributed by atoms with E-state index in [1.165, 1.54) is 0 Å². The van der Waals surface area contributed by atoms with E-state index in [0.717, 1.165) is 11.1 Å². The average molecular weight is 308 g/mol. The normalized spacial score (nSPS) is 10.2. The smallest absolute Gasteiger partial charge is 0.227 e. The minimum absolute atomic E-state index is 0.496. The summed E-state index contributed by atoms with van der Waals surface area (Å²) in [6.45, 7) is 0. The van der Waals surface area contributed by atoms with E-state index in [1.807, 2.05) is 24.3 Å². The van der Waals surface area contributed by atoms with E-state index in [1.54, 1.807) is 51.0 Å². The van der Waals surface area contributed by atoms with E-state index >= 15 is 0 Å². The Morgan fingerprint density at radius 1 is 0.826 bits per heavy atom. The van der Waals surface area contributed by atoms with Crippen LogP contribution in [0.15, 0.2) is 61.1 Å². The van der Waals surface area contributed by atoms with Crippen LogP contribution in [0.3, 0.4) is 0 Å². The van der Waals surface area contributed by atoms with Gasteiger partial charge in [-0.3, -0.25) is 4.98 Å². The molecule has 23 heavy (non-hydrogen) atoms. The highest BCUT2D eigenvalue weighted by molar-refractivity contribution is 5.68. The van der Waals surface area contributed by atoms with Crippen LogP contribution in [0.2, 0.25) is 0 Å². The number of hydrogen-bond acceptors (Lipinski definition) is 5. The number of benzene rings is 1. The van der Waals surface area contributed by atoms with Crippen molar-refractivity contribution in [1.29, 1.82) is 0 Å². The predicted octanol–water partition coefficient (Wildman–Crippen LogP) is 3.95. The van der Waals surface area contributed by atoms with Crippen molar-refractivity contribution in [2.45, 2.75) is 0 Å². The summed E-state index contributed by atoms with van der Waals surface area (Å²) >= 11 is 0. The fraction of sp³-hybridized carbons (Fsp3) is 0.111. The zero-order chi connectivity index (χ0) is 16.1. The molecule has 0 amide bonds. The average Bonchev–Trinajstić information content (AvgIpc) is 2.62. The molecule has 5 nitrogen and oxygen atoms in total. The lowest BCUT2D eigenvalue weighted by molar-refractivity contribution is 0.385. The lowest BCUT2D eigenvalue weighted by Crippen LogP contribution is -1.94. The van der Waals surface area contributed by atoms with Crippen LogP contribution in [-0.2, 0) is 0 Å². The summed E-state index contributed by atoms with van der Waals surface area (Å²) in [5.74, 6) is 2.39. The standard InChI is InChI=1S/C18H16N2O3/c1-21-14-9-15(22-2)11-16(10-14)23-18-17(6-4-8-20-18)13-5-3-7-19-12-13/h3-12H,1-2H3. The van der Waals surface area contributed by atoms with Gasteiger partial charge in [0, 0.05) is 47.9 Å². The molecular weight excluding hydrogens is 292 g/mol. The minimum atomic E-state index is 0.496. The predicted molar refractivity (Wildman–Crippen MR) is 87.1 cm³/mol. The molecule has 0 aliphatic heterocycles. The molecule has 0 atom stereocenters. The number of hydrogen-bond donors (Lipinski definition) is 0. The molecule has 0 spiro atoms. The molecule has 3 rings (SSSR count). The molecular formula is C18H16N2O3. The highest BCUT2D eigenvalue weighted by Crippen LogP contribution is 2.34. The third-order valence-corrected chi connectivity index (χ3v) is 3.28. The molecule has 0 N–H and O–H groups in total. The van der Waals surface area contributed by atoms with Crippen molar-refractivity contribution in [1.82, 2.24) is 9.97 Å². The molecule has 1 aromatic carbocycles. The van der Waals surface area contributed by atoms with E-state index in [0.29, 0.717) is 23.1 Å². The highest BCUT2D eigenvalue weighted by Gasteiger charge is 2.10. The Labute approximate surface area is 134 Å². The van der Waals surface area contributed by atoms with Gasteiger partial charge in [-0.05, 0) is 18.2 Å². The number of pyridine rings is 2. The Morgan fingerprint density at radius 2 is 1.52 bits per heavy atom. The number of rotatable bonds is 5. The van der Waals surface area contributed by atoms with Gasteiger partial charge in [0.2, 0.25) is 5.88 Å². The van der Waals surface area contributed by atoms with Gasteiger partial charge < -0.3 is 14.2 Å². The fourth-order valence-electron chi connectivity index (χ4n) is 2.17. The summed E-state index contributed by atoms with van der Waals surface area (Å²) in [5, 5.41) is 0. The zero-order valence-electron chi connectivity index (χ0n) is 12.9. The van der Waals surface area contributed by atoms with Gasteiger partial charge in [0.15, 0.2) is 0 Å². The van der Waals surface area contributed by atoms with Crippen LogP contribution in [0.25, 0.3) is 11.1 Å². The second-order valence-corrected chi connectivity index (χ2v) is 4.75. The first-order valence-corrected chi connectivity index (χ1v) is 7.06. The van der Waals surface area contributed by atoms with Crippen molar-refractivity contribution in [2.75, 3.05) is 14.2 Å². The Morgan fingerprint density at radius 3 is 2.17 bits per heavy atom. The number of ether oxygens (including phenoxy) is 3. The maximum atomic E-state index is 5.95. The molecule has 0 aliphatic carbocycles. The molecule has 0 aliphatic rings. The summed E-state index contributed by atoms with van der Waals surface area (Å²) in [7, 11) is 3.20. The first-order valence-electron chi connectivity index (χ1n) is 7.06. The van der Waals surface area contributed by atoms with Gasteiger partial charge in [-0.2, -0.15) is 0 Å².